The van der Waals surface area contributed by atoms with Crippen molar-refractivity contribution in [1.29, 1.82) is 0 Å². The van der Waals surface area contributed by atoms with Crippen molar-refractivity contribution in [3.8, 4) is 0 Å². The second-order valence-electron chi connectivity index (χ2n) is 9.21. The molecular weight excluding hydrogens is 486 g/mol. The van der Waals surface area contributed by atoms with Gasteiger partial charge in [0.05, 0.1) is 11.9 Å². The number of amides is 2. The van der Waals surface area contributed by atoms with Gasteiger partial charge in [0.15, 0.2) is 0 Å². The third-order valence-electron chi connectivity index (χ3n) is 5.83. The topological polar surface area (TPSA) is 86.8 Å². The predicted molar refractivity (Wildman–Crippen MR) is 142 cm³/mol. The summed E-state index contributed by atoms with van der Waals surface area (Å²) in [6.45, 7) is 9.74. The molecule has 0 fully saturated rings. The first-order valence-electron chi connectivity index (χ1n) is 11.7. The Morgan fingerprint density at radius 2 is 1.71 bits per heavy atom. The Labute approximate surface area is 214 Å². The zero-order chi connectivity index (χ0) is 26.3. The maximum Gasteiger partial charge on any atom is 0.244 e. The minimum Gasteiger partial charge on any atom is -0.354 e. The highest BCUT2D eigenvalue weighted by Crippen LogP contribution is 2.24. The van der Waals surface area contributed by atoms with Crippen molar-refractivity contribution in [2.45, 2.75) is 53.6 Å². The third-order valence-corrected chi connectivity index (χ3v) is 7.34. The lowest BCUT2D eigenvalue weighted by atomic mass is 10.1. The summed E-state index contributed by atoms with van der Waals surface area (Å²) < 4.78 is 26.5. The number of hydrogen-bond acceptors (Lipinski definition) is 4. The van der Waals surface area contributed by atoms with Gasteiger partial charge in [0.2, 0.25) is 21.8 Å². The van der Waals surface area contributed by atoms with Crippen LogP contribution < -0.4 is 9.62 Å². The first-order valence-corrected chi connectivity index (χ1v) is 13.9. The molecule has 1 N–H and O–H groups in total. The summed E-state index contributed by atoms with van der Waals surface area (Å²) in [6.07, 6.45) is 1.43. The van der Waals surface area contributed by atoms with Crippen LogP contribution in [0.1, 0.15) is 43.9 Å². The number of hydrogen-bond donors (Lipinski definition) is 1. The van der Waals surface area contributed by atoms with Gasteiger partial charge in [-0.25, -0.2) is 8.42 Å². The quantitative estimate of drug-likeness (QED) is 0.477. The molecule has 0 saturated carbocycles. The molecule has 9 heteroatoms. The maximum absolute atomic E-state index is 13.7. The molecule has 192 valence electrons. The van der Waals surface area contributed by atoms with Gasteiger partial charge >= 0.3 is 0 Å². The highest BCUT2D eigenvalue weighted by atomic mass is 35.5. The fourth-order valence-electron chi connectivity index (χ4n) is 3.65. The SMILES string of the molecule is CCC(C(=O)NCC(C)C)N(Cc1ccccc1Cl)C(=O)CN(c1ccc(C)c(C)c1)S(C)(=O)=O. The van der Waals surface area contributed by atoms with Gasteiger partial charge in [0.25, 0.3) is 0 Å². The van der Waals surface area contributed by atoms with E-state index in [1.165, 1.54) is 4.90 Å². The Hall–Kier alpha value is -2.58. The van der Waals surface area contributed by atoms with Crippen LogP contribution in [0.3, 0.4) is 0 Å². The van der Waals surface area contributed by atoms with Gasteiger partial charge in [-0.15, -0.1) is 0 Å². The zero-order valence-electron chi connectivity index (χ0n) is 21.3. The number of aryl methyl sites for hydroxylation is 2. The molecule has 0 aliphatic carbocycles. The molecule has 0 aliphatic rings. The number of nitrogens with one attached hydrogen (secondary N) is 1. The molecule has 0 spiro atoms. The second-order valence-corrected chi connectivity index (χ2v) is 11.5. The van der Waals surface area contributed by atoms with Gasteiger partial charge in [-0.05, 0) is 61.1 Å². The zero-order valence-corrected chi connectivity index (χ0v) is 22.9. The molecule has 1 unspecified atom stereocenters. The molecule has 2 rings (SSSR count). The van der Waals surface area contributed by atoms with Crippen LogP contribution in [0.5, 0.6) is 0 Å². The normalized spacial score (nSPS) is 12.3. The van der Waals surface area contributed by atoms with E-state index in [4.69, 9.17) is 11.6 Å². The highest BCUT2D eigenvalue weighted by molar-refractivity contribution is 7.92. The molecule has 0 aliphatic heterocycles. The fourth-order valence-corrected chi connectivity index (χ4v) is 4.68. The smallest absolute Gasteiger partial charge is 0.244 e. The van der Waals surface area contributed by atoms with E-state index in [1.54, 1.807) is 30.3 Å². The van der Waals surface area contributed by atoms with Crippen molar-refractivity contribution >= 4 is 39.1 Å². The van der Waals surface area contributed by atoms with Crippen LogP contribution in [0.2, 0.25) is 5.02 Å². The lowest BCUT2D eigenvalue weighted by Crippen LogP contribution is -2.52. The monoisotopic (exact) mass is 521 g/mol. The van der Waals surface area contributed by atoms with Crippen LogP contribution in [0.15, 0.2) is 42.5 Å². The Morgan fingerprint density at radius 1 is 1.06 bits per heavy atom. The molecule has 0 heterocycles. The Bertz CT molecular complexity index is 1150. The van der Waals surface area contributed by atoms with E-state index in [9.17, 15) is 18.0 Å². The fraction of sp³-hybridized carbons (Fsp3) is 0.462. The molecule has 0 radical (unpaired) electrons. The van der Waals surface area contributed by atoms with Gasteiger partial charge in [-0.3, -0.25) is 13.9 Å². The van der Waals surface area contributed by atoms with Crippen molar-refractivity contribution in [2.24, 2.45) is 5.92 Å². The van der Waals surface area contributed by atoms with Crippen molar-refractivity contribution < 1.29 is 18.0 Å². The first kappa shape index (κ1) is 28.7. The Balaban J connectivity index is 2.45. The lowest BCUT2D eigenvalue weighted by molar-refractivity contribution is -0.140. The molecule has 0 saturated heterocycles. The number of carbonyl (C=O) groups excluding carboxylic acids is 2. The summed E-state index contributed by atoms with van der Waals surface area (Å²) in [6, 6.07) is 11.6. The largest absolute Gasteiger partial charge is 0.354 e. The minimum atomic E-state index is -3.77. The molecule has 35 heavy (non-hydrogen) atoms. The summed E-state index contributed by atoms with van der Waals surface area (Å²) in [4.78, 5) is 28.2. The molecule has 2 aromatic carbocycles. The van der Waals surface area contributed by atoms with Crippen LogP contribution in [-0.2, 0) is 26.2 Å². The molecule has 0 aromatic heterocycles. The van der Waals surface area contributed by atoms with Crippen LogP contribution in [0.4, 0.5) is 5.69 Å². The molecule has 2 amide bonds. The molecule has 7 nitrogen and oxygen atoms in total. The number of benzene rings is 2. The van der Waals surface area contributed by atoms with Gasteiger partial charge < -0.3 is 10.2 Å². The average molecular weight is 522 g/mol. The third kappa shape index (κ3) is 7.97. The van der Waals surface area contributed by atoms with E-state index in [0.717, 1.165) is 21.7 Å². The van der Waals surface area contributed by atoms with Crippen molar-refractivity contribution in [1.82, 2.24) is 10.2 Å². The highest BCUT2D eigenvalue weighted by Gasteiger charge is 2.32. The van der Waals surface area contributed by atoms with E-state index < -0.39 is 28.5 Å². The van der Waals surface area contributed by atoms with Crippen LogP contribution in [0, 0.1) is 19.8 Å². The van der Waals surface area contributed by atoms with Crippen LogP contribution >= 0.6 is 11.6 Å². The van der Waals surface area contributed by atoms with Gasteiger partial charge in [-0.2, -0.15) is 0 Å². The lowest BCUT2D eigenvalue weighted by Gasteiger charge is -2.33. The van der Waals surface area contributed by atoms with Crippen LogP contribution in [0.25, 0.3) is 0 Å². The minimum absolute atomic E-state index is 0.0800. The van der Waals surface area contributed by atoms with Gasteiger partial charge in [0, 0.05) is 18.1 Å². The summed E-state index contributed by atoms with van der Waals surface area (Å²) in [7, 11) is -3.77. The van der Waals surface area contributed by atoms with E-state index in [-0.39, 0.29) is 18.4 Å². The number of carbonyl (C=O) groups is 2. The maximum atomic E-state index is 13.7. The molecule has 0 bridgehead atoms. The number of anilines is 1. The second kappa shape index (κ2) is 12.4. The number of sulfonamides is 1. The Kier molecular flexibility index (Phi) is 10.2. The average Bonchev–Trinajstić information content (AvgIpc) is 2.78. The van der Waals surface area contributed by atoms with Crippen molar-refractivity contribution in [3.63, 3.8) is 0 Å². The molecular formula is C26H36ClN3O4S. The standard InChI is InChI=1S/C26H36ClN3O4S/c1-7-24(26(32)28-15-18(2)3)29(16-21-10-8-9-11-23(21)27)25(31)17-30(35(6,33)34)22-13-12-19(4)20(5)14-22/h8-14,18,24H,7,15-17H2,1-6H3,(H,28,32). The molecule has 1 atom stereocenters. The van der Waals surface area contributed by atoms with Crippen LogP contribution in [-0.4, -0.2) is 50.5 Å². The Morgan fingerprint density at radius 3 is 2.26 bits per heavy atom. The first-order chi connectivity index (χ1) is 16.3. The summed E-state index contributed by atoms with van der Waals surface area (Å²) >= 11 is 6.36. The van der Waals surface area contributed by atoms with Crippen molar-refractivity contribution in [3.05, 3.63) is 64.2 Å². The molecule has 2 aromatic rings. The van der Waals surface area contributed by atoms with Gasteiger partial charge in [-0.1, -0.05) is 56.6 Å². The summed E-state index contributed by atoms with van der Waals surface area (Å²) in [5, 5.41) is 3.37. The number of rotatable bonds is 11. The summed E-state index contributed by atoms with van der Waals surface area (Å²) in [5.74, 6) is -0.520. The van der Waals surface area contributed by atoms with E-state index in [2.05, 4.69) is 5.32 Å². The van der Waals surface area contributed by atoms with E-state index in [0.29, 0.717) is 29.2 Å². The number of halogens is 1. The van der Waals surface area contributed by atoms with Crippen molar-refractivity contribution in [2.75, 3.05) is 23.7 Å². The summed E-state index contributed by atoms with van der Waals surface area (Å²) in [5.41, 5.74) is 3.01. The predicted octanol–water partition coefficient (Wildman–Crippen LogP) is 4.30. The van der Waals surface area contributed by atoms with E-state index >= 15 is 0 Å². The van der Waals surface area contributed by atoms with E-state index in [1.807, 2.05) is 46.8 Å². The number of nitrogens with zero attached hydrogens (tertiary/aromatic N) is 2. The van der Waals surface area contributed by atoms with Gasteiger partial charge in [0.1, 0.15) is 12.6 Å².